The summed E-state index contributed by atoms with van der Waals surface area (Å²) in [5.41, 5.74) is 0. The van der Waals surface area contributed by atoms with Gasteiger partial charge in [0.1, 0.15) is 13.2 Å². The topological polar surface area (TPSA) is 78.9 Å². The van der Waals surface area contributed by atoms with Gasteiger partial charge in [-0.15, -0.1) is 0 Å². The molecule has 0 aliphatic rings. The Kier molecular flexibility index (Phi) is 64.8. The fourth-order valence-electron chi connectivity index (χ4n) is 9.40. The number of esters is 3. The summed E-state index contributed by atoms with van der Waals surface area (Å²) in [6.07, 6.45) is 95.0. The van der Waals surface area contributed by atoms with Crippen LogP contribution in [0.4, 0.5) is 0 Å². The molecule has 0 amide bonds. The number of carbonyl (C=O) groups is 3. The molecule has 1 unspecified atom stereocenters. The van der Waals surface area contributed by atoms with Gasteiger partial charge in [0.15, 0.2) is 6.10 Å². The van der Waals surface area contributed by atoms with Crippen LogP contribution >= 0.6 is 0 Å². The van der Waals surface area contributed by atoms with Gasteiger partial charge in [0.05, 0.1) is 0 Å². The molecule has 0 saturated heterocycles. The number of unbranched alkanes of at least 4 members (excludes halogenated alkanes) is 30. The lowest BCUT2D eigenvalue weighted by atomic mass is 10.1. The maximum atomic E-state index is 12.9. The molecule has 0 fully saturated rings. The molecule has 0 bridgehead atoms. The summed E-state index contributed by atoms with van der Waals surface area (Å²) in [5.74, 6) is -0.908. The first-order valence-corrected chi connectivity index (χ1v) is 34.0. The van der Waals surface area contributed by atoms with Crippen LogP contribution in [0.3, 0.4) is 0 Å². The number of allylic oxidation sites excluding steroid dienone is 20. The zero-order chi connectivity index (χ0) is 58.5. The second-order valence-electron chi connectivity index (χ2n) is 22.3. The minimum atomic E-state index is -0.795. The molecule has 0 aliphatic heterocycles. The second kappa shape index (κ2) is 68.3. The summed E-state index contributed by atoms with van der Waals surface area (Å²) in [4.78, 5) is 38.4. The summed E-state index contributed by atoms with van der Waals surface area (Å²) in [6, 6.07) is 0. The van der Waals surface area contributed by atoms with E-state index < -0.39 is 6.10 Å². The largest absolute Gasteiger partial charge is 0.462 e. The molecule has 1 atom stereocenters. The van der Waals surface area contributed by atoms with E-state index in [2.05, 4.69) is 142 Å². The van der Waals surface area contributed by atoms with Crippen LogP contribution < -0.4 is 0 Å². The van der Waals surface area contributed by atoms with Gasteiger partial charge >= 0.3 is 17.9 Å². The van der Waals surface area contributed by atoms with Gasteiger partial charge in [-0.1, -0.05) is 290 Å². The van der Waals surface area contributed by atoms with Gasteiger partial charge in [0, 0.05) is 19.3 Å². The SMILES string of the molecule is CC/C=C\C/C=C\C/C=C\C/C=C\C/C=C\C/C=C\CCCCCCCCCCC(=O)OCC(COC(=O)CCCCCCC/C=C\C/C=C\C/C=C\CC)OC(=O)CCCCCCCCCCC/C=C\CCCCCCCCCC. The Hall–Kier alpha value is -4.19. The van der Waals surface area contributed by atoms with E-state index in [0.717, 1.165) is 141 Å². The van der Waals surface area contributed by atoms with Crippen LogP contribution in [0, 0.1) is 0 Å². The molecule has 0 spiro atoms. The van der Waals surface area contributed by atoms with E-state index >= 15 is 0 Å². The maximum absolute atomic E-state index is 12.9. The lowest BCUT2D eigenvalue weighted by Gasteiger charge is -2.18. The number of hydrogen-bond donors (Lipinski definition) is 0. The van der Waals surface area contributed by atoms with Gasteiger partial charge in [-0.3, -0.25) is 14.4 Å². The quantitative estimate of drug-likeness (QED) is 0.0261. The Morgan fingerprint density at radius 3 is 0.765 bits per heavy atom. The lowest BCUT2D eigenvalue weighted by Crippen LogP contribution is -2.30. The van der Waals surface area contributed by atoms with E-state index in [4.69, 9.17) is 14.2 Å². The number of carbonyl (C=O) groups excluding carboxylic acids is 3. The van der Waals surface area contributed by atoms with E-state index in [-0.39, 0.29) is 31.1 Å². The van der Waals surface area contributed by atoms with Crippen LogP contribution in [0.5, 0.6) is 0 Å². The molecule has 0 aliphatic carbocycles. The van der Waals surface area contributed by atoms with Crippen molar-refractivity contribution in [2.75, 3.05) is 13.2 Å². The van der Waals surface area contributed by atoms with E-state index in [9.17, 15) is 14.4 Å². The van der Waals surface area contributed by atoms with Crippen LogP contribution in [0.15, 0.2) is 122 Å². The summed E-state index contributed by atoms with van der Waals surface area (Å²) in [6.45, 7) is 6.42. The van der Waals surface area contributed by atoms with Crippen molar-refractivity contribution in [3.63, 3.8) is 0 Å². The Morgan fingerprint density at radius 2 is 0.481 bits per heavy atom. The highest BCUT2D eigenvalue weighted by Gasteiger charge is 2.19. The predicted octanol–water partition coefficient (Wildman–Crippen LogP) is 23.6. The molecule has 0 aromatic heterocycles. The van der Waals surface area contributed by atoms with Crippen molar-refractivity contribution in [1.82, 2.24) is 0 Å². The van der Waals surface area contributed by atoms with Crippen molar-refractivity contribution < 1.29 is 28.6 Å². The monoisotopic (exact) mass is 1120 g/mol. The van der Waals surface area contributed by atoms with Crippen LogP contribution in [0.2, 0.25) is 0 Å². The van der Waals surface area contributed by atoms with Crippen molar-refractivity contribution in [2.45, 2.75) is 322 Å². The molecule has 0 N–H and O–H groups in total. The highest BCUT2D eigenvalue weighted by atomic mass is 16.6. The Bertz CT molecular complexity index is 1670. The van der Waals surface area contributed by atoms with Gasteiger partial charge in [-0.25, -0.2) is 0 Å². The van der Waals surface area contributed by atoms with Gasteiger partial charge in [-0.05, 0) is 128 Å². The molecule has 6 nitrogen and oxygen atoms in total. The summed E-state index contributed by atoms with van der Waals surface area (Å²) >= 11 is 0. The third kappa shape index (κ3) is 66.5. The molecule has 6 heteroatoms. The van der Waals surface area contributed by atoms with Crippen molar-refractivity contribution in [1.29, 1.82) is 0 Å². The first-order chi connectivity index (χ1) is 40.0. The molecule has 0 aromatic carbocycles. The van der Waals surface area contributed by atoms with Crippen molar-refractivity contribution >= 4 is 17.9 Å². The smallest absolute Gasteiger partial charge is 0.306 e. The van der Waals surface area contributed by atoms with Crippen molar-refractivity contribution in [3.8, 4) is 0 Å². The van der Waals surface area contributed by atoms with Gasteiger partial charge in [-0.2, -0.15) is 0 Å². The van der Waals surface area contributed by atoms with Crippen molar-refractivity contribution in [3.05, 3.63) is 122 Å². The summed E-state index contributed by atoms with van der Waals surface area (Å²) in [5, 5.41) is 0. The zero-order valence-electron chi connectivity index (χ0n) is 53.0. The summed E-state index contributed by atoms with van der Waals surface area (Å²) in [7, 11) is 0. The van der Waals surface area contributed by atoms with E-state index in [1.54, 1.807) is 0 Å². The zero-order valence-corrected chi connectivity index (χ0v) is 53.0. The minimum Gasteiger partial charge on any atom is -0.462 e. The molecular formula is C75H126O6. The molecule has 0 aromatic rings. The first-order valence-electron chi connectivity index (χ1n) is 34.0. The van der Waals surface area contributed by atoms with Gasteiger partial charge < -0.3 is 14.2 Å². The van der Waals surface area contributed by atoms with Crippen molar-refractivity contribution in [2.24, 2.45) is 0 Å². The molecule has 0 radical (unpaired) electrons. The maximum Gasteiger partial charge on any atom is 0.306 e. The van der Waals surface area contributed by atoms with Crippen LogP contribution in [-0.4, -0.2) is 37.2 Å². The van der Waals surface area contributed by atoms with Crippen LogP contribution in [0.1, 0.15) is 316 Å². The lowest BCUT2D eigenvalue weighted by molar-refractivity contribution is -0.167. The molecular weight excluding hydrogens is 997 g/mol. The average molecular weight is 1120 g/mol. The minimum absolute atomic E-state index is 0.0902. The average Bonchev–Trinajstić information content (AvgIpc) is 3.47. The molecule has 0 saturated carbocycles. The fraction of sp³-hybridized carbons (Fsp3) is 0.693. The third-order valence-electron chi connectivity index (χ3n) is 14.4. The molecule has 462 valence electrons. The molecule has 0 heterocycles. The number of ether oxygens (including phenoxy) is 3. The molecule has 0 rings (SSSR count). The third-order valence-corrected chi connectivity index (χ3v) is 14.4. The Labute approximate surface area is 501 Å². The highest BCUT2D eigenvalue weighted by Crippen LogP contribution is 2.16. The number of rotatable bonds is 61. The van der Waals surface area contributed by atoms with E-state index in [0.29, 0.717) is 19.3 Å². The molecule has 81 heavy (non-hydrogen) atoms. The summed E-state index contributed by atoms with van der Waals surface area (Å²) < 4.78 is 17.0. The van der Waals surface area contributed by atoms with Crippen LogP contribution in [0.25, 0.3) is 0 Å². The van der Waals surface area contributed by atoms with Crippen LogP contribution in [-0.2, 0) is 28.6 Å². The number of hydrogen-bond acceptors (Lipinski definition) is 6. The fourth-order valence-corrected chi connectivity index (χ4v) is 9.40. The Morgan fingerprint density at radius 1 is 0.259 bits per heavy atom. The first kappa shape index (κ1) is 76.8. The normalized spacial score (nSPS) is 12.9. The highest BCUT2D eigenvalue weighted by molar-refractivity contribution is 5.71. The van der Waals surface area contributed by atoms with E-state index in [1.807, 2.05) is 0 Å². The van der Waals surface area contributed by atoms with E-state index in [1.165, 1.54) is 135 Å². The second-order valence-corrected chi connectivity index (χ2v) is 22.3. The standard InChI is InChI=1S/C75H126O6/c1-4-7-10-13-16-19-22-25-28-30-32-34-35-36-37-38-39-41-42-44-47-50-53-56-59-62-65-68-74(77)80-71-72(70-79-73(76)67-64-61-58-55-52-49-46-27-24-21-18-15-12-9-6-3)81-75(78)69-66-63-60-57-54-51-48-45-43-40-33-31-29-26-23-20-17-14-11-8-5-2/h7,9-10,12,16,18-19,21,25,27-28,31-34,36-37,39,41,46,72H,4-6,8,11,13-15,17,20,22-24,26,29-30,35,38,40,42-45,47-71H2,1-3H3/b10-7-,12-9-,19-16-,21-18-,28-25-,33-31-,34-32-,37-36-,41-39-,46-27-. The van der Waals surface area contributed by atoms with Gasteiger partial charge in [0.25, 0.3) is 0 Å². The Balaban J connectivity index is 4.38. The van der Waals surface area contributed by atoms with Gasteiger partial charge in [0.2, 0.25) is 0 Å². The predicted molar refractivity (Wildman–Crippen MR) is 353 cm³/mol.